The van der Waals surface area contributed by atoms with Crippen LogP contribution >= 0.6 is 0 Å². The summed E-state index contributed by atoms with van der Waals surface area (Å²) in [5.41, 5.74) is -2.25. The largest absolute Gasteiger partial charge is 0.465 e. The van der Waals surface area contributed by atoms with E-state index in [1.165, 1.54) is 6.92 Å². The van der Waals surface area contributed by atoms with Gasteiger partial charge in [-0.1, -0.05) is 6.42 Å². The number of hydrogen-bond donors (Lipinski definition) is 4. The molecule has 0 aromatic carbocycles. The monoisotopic (exact) mass is 481 g/mol. The summed E-state index contributed by atoms with van der Waals surface area (Å²) < 4.78 is 12.2. The van der Waals surface area contributed by atoms with Gasteiger partial charge in [-0.05, 0) is 92.3 Å². The van der Waals surface area contributed by atoms with Crippen LogP contribution in [0.3, 0.4) is 0 Å². The number of carboxylic acid groups (broad SMARTS) is 1. The molecule has 0 aromatic rings. The third-order valence-electron chi connectivity index (χ3n) is 7.34. The van der Waals surface area contributed by atoms with Crippen molar-refractivity contribution in [3.8, 4) is 0 Å². The predicted octanol–water partition coefficient (Wildman–Crippen LogP) is 3.33. The van der Waals surface area contributed by atoms with Gasteiger partial charge in [0, 0.05) is 19.0 Å². The van der Waals surface area contributed by atoms with Crippen LogP contribution in [-0.2, 0) is 18.9 Å². The Balaban J connectivity index is 2.16. The number of hydrogen-bond acceptors (Lipinski definition) is 5. The van der Waals surface area contributed by atoms with Crippen molar-refractivity contribution in [2.24, 2.45) is 11.8 Å². The Kier molecular flexibility index (Phi) is 8.73. The molecule has 0 radical (unpaired) electrons. The van der Waals surface area contributed by atoms with E-state index in [0.717, 1.165) is 19.3 Å². The smallest absolute Gasteiger partial charge is 0.457 e. The van der Waals surface area contributed by atoms with Crippen molar-refractivity contribution in [3.05, 3.63) is 0 Å². The first-order valence-electron chi connectivity index (χ1n) is 12.4. The van der Waals surface area contributed by atoms with Crippen molar-refractivity contribution in [1.82, 2.24) is 16.0 Å². The maximum Gasteiger partial charge on any atom is 0.457 e. The molecule has 1 saturated heterocycles. The van der Waals surface area contributed by atoms with Gasteiger partial charge in [-0.2, -0.15) is 0 Å². The summed E-state index contributed by atoms with van der Waals surface area (Å²) in [4.78, 5) is 36.7. The first kappa shape index (κ1) is 28.4. The van der Waals surface area contributed by atoms with Crippen LogP contribution in [0.15, 0.2) is 0 Å². The summed E-state index contributed by atoms with van der Waals surface area (Å²) in [7, 11) is -0.305. The third kappa shape index (κ3) is 7.10. The second kappa shape index (κ2) is 10.4. The molecule has 34 heavy (non-hydrogen) atoms. The molecule has 2 fully saturated rings. The highest BCUT2D eigenvalue weighted by Gasteiger charge is 2.54. The molecule has 1 aliphatic heterocycles. The molecule has 3 amide bonds. The number of rotatable bonds is 9. The molecule has 3 atom stereocenters. The fraction of sp³-hybridized carbons (Fsp3) is 0.875. The zero-order valence-corrected chi connectivity index (χ0v) is 22.2. The lowest BCUT2D eigenvalue weighted by Crippen LogP contribution is -2.63. The standard InChI is InChI=1S/C24H44BN3O6/c1-16(29)27-24(19(30)28-21(2,3)4)15-17(11-13-26-20(31)32)14-18(24)10-9-12-25-33-22(5,6)23(7,8)34-25/h17-18,26H,9-15H2,1-8H3,(H,27,29)(H,28,30)(H,31,32). The minimum atomic E-state index is -1.06. The van der Waals surface area contributed by atoms with Gasteiger partial charge in [-0.3, -0.25) is 9.59 Å². The van der Waals surface area contributed by atoms with Crippen LogP contribution in [0.4, 0.5) is 4.79 Å². The Morgan fingerprint density at radius 2 is 1.65 bits per heavy atom. The Bertz CT molecular complexity index is 750. The maximum atomic E-state index is 13.6. The van der Waals surface area contributed by atoms with Crippen LogP contribution < -0.4 is 16.0 Å². The summed E-state index contributed by atoms with van der Waals surface area (Å²) in [6.07, 6.45) is 2.99. The van der Waals surface area contributed by atoms with Gasteiger partial charge in [0.1, 0.15) is 5.54 Å². The second-order valence-corrected chi connectivity index (χ2v) is 12.0. The van der Waals surface area contributed by atoms with E-state index < -0.39 is 17.2 Å². The van der Waals surface area contributed by atoms with Crippen molar-refractivity contribution < 1.29 is 28.8 Å². The van der Waals surface area contributed by atoms with Gasteiger partial charge < -0.3 is 30.4 Å². The average Bonchev–Trinajstić information content (AvgIpc) is 3.06. The van der Waals surface area contributed by atoms with Gasteiger partial charge >= 0.3 is 13.2 Å². The van der Waals surface area contributed by atoms with E-state index in [1.807, 2.05) is 48.5 Å². The molecule has 0 aromatic heterocycles. The van der Waals surface area contributed by atoms with E-state index in [-0.39, 0.29) is 42.0 Å². The lowest BCUT2D eigenvalue weighted by atomic mass is 9.77. The van der Waals surface area contributed by atoms with Crippen molar-refractivity contribution >= 4 is 25.0 Å². The van der Waals surface area contributed by atoms with Crippen molar-refractivity contribution in [3.63, 3.8) is 0 Å². The topological polar surface area (TPSA) is 126 Å². The van der Waals surface area contributed by atoms with Crippen LogP contribution in [0, 0.1) is 11.8 Å². The van der Waals surface area contributed by atoms with Gasteiger partial charge in [0.15, 0.2) is 0 Å². The summed E-state index contributed by atoms with van der Waals surface area (Å²) in [5, 5.41) is 17.4. The highest BCUT2D eigenvalue weighted by Crippen LogP contribution is 2.45. The number of amides is 3. The molecule has 0 spiro atoms. The third-order valence-corrected chi connectivity index (χ3v) is 7.34. The zero-order valence-electron chi connectivity index (χ0n) is 22.2. The molecule has 1 saturated carbocycles. The maximum absolute atomic E-state index is 13.6. The summed E-state index contributed by atoms with van der Waals surface area (Å²) >= 11 is 0. The molecule has 9 nitrogen and oxygen atoms in total. The van der Waals surface area contributed by atoms with Crippen molar-refractivity contribution in [1.29, 1.82) is 0 Å². The van der Waals surface area contributed by atoms with Gasteiger partial charge in [-0.15, -0.1) is 0 Å². The van der Waals surface area contributed by atoms with E-state index in [2.05, 4.69) is 16.0 Å². The van der Waals surface area contributed by atoms with Crippen LogP contribution in [0.1, 0.15) is 87.5 Å². The normalized spacial score (nSPS) is 27.9. The fourth-order valence-corrected chi connectivity index (χ4v) is 5.14. The van der Waals surface area contributed by atoms with Crippen LogP contribution in [0.25, 0.3) is 0 Å². The van der Waals surface area contributed by atoms with E-state index in [0.29, 0.717) is 25.7 Å². The Hall–Kier alpha value is -1.81. The van der Waals surface area contributed by atoms with E-state index in [1.54, 1.807) is 0 Å². The van der Waals surface area contributed by atoms with Crippen molar-refractivity contribution in [2.75, 3.05) is 6.54 Å². The molecule has 3 unspecified atom stereocenters. The SMILES string of the molecule is CC(=O)NC1(C(=O)NC(C)(C)C)CC(CCNC(=O)O)CC1CCCB1OC(C)(C)C(C)(C)O1. The molecule has 1 aliphatic carbocycles. The lowest BCUT2D eigenvalue weighted by Gasteiger charge is -2.37. The van der Waals surface area contributed by atoms with Gasteiger partial charge in [-0.25, -0.2) is 4.79 Å². The lowest BCUT2D eigenvalue weighted by molar-refractivity contribution is -0.135. The molecule has 194 valence electrons. The number of carbonyl (C=O) groups is 3. The van der Waals surface area contributed by atoms with E-state index in [9.17, 15) is 14.4 Å². The first-order chi connectivity index (χ1) is 15.5. The number of nitrogens with one attached hydrogen (secondary N) is 3. The minimum Gasteiger partial charge on any atom is -0.465 e. The quantitative estimate of drug-likeness (QED) is 0.375. The molecule has 10 heteroatoms. The average molecular weight is 481 g/mol. The van der Waals surface area contributed by atoms with Crippen LogP contribution in [-0.4, -0.2) is 59.0 Å². The van der Waals surface area contributed by atoms with Gasteiger partial charge in [0.2, 0.25) is 11.8 Å². The Morgan fingerprint density at radius 1 is 1.06 bits per heavy atom. The van der Waals surface area contributed by atoms with Gasteiger partial charge in [0.25, 0.3) is 0 Å². The van der Waals surface area contributed by atoms with E-state index >= 15 is 0 Å². The molecule has 2 rings (SSSR count). The molecule has 4 N–H and O–H groups in total. The number of carbonyl (C=O) groups excluding carboxylic acids is 2. The summed E-state index contributed by atoms with van der Waals surface area (Å²) in [6.45, 7) is 15.6. The molecule has 2 aliphatic rings. The minimum absolute atomic E-state index is 0.0731. The summed E-state index contributed by atoms with van der Waals surface area (Å²) in [5.74, 6) is -0.379. The molecule has 0 bridgehead atoms. The highest BCUT2D eigenvalue weighted by atomic mass is 16.7. The first-order valence-corrected chi connectivity index (χ1v) is 12.4. The zero-order chi connectivity index (χ0) is 25.9. The fourth-order valence-electron chi connectivity index (χ4n) is 5.14. The van der Waals surface area contributed by atoms with E-state index in [4.69, 9.17) is 14.4 Å². The second-order valence-electron chi connectivity index (χ2n) is 12.0. The van der Waals surface area contributed by atoms with Crippen LogP contribution in [0.2, 0.25) is 6.32 Å². The molecular formula is C24H44BN3O6. The highest BCUT2D eigenvalue weighted by molar-refractivity contribution is 6.45. The summed E-state index contributed by atoms with van der Waals surface area (Å²) in [6, 6.07) is 0. The van der Waals surface area contributed by atoms with Crippen LogP contribution in [0.5, 0.6) is 0 Å². The van der Waals surface area contributed by atoms with Crippen molar-refractivity contribution in [2.45, 2.75) is 116 Å². The molecular weight excluding hydrogens is 437 g/mol. The van der Waals surface area contributed by atoms with Gasteiger partial charge in [0.05, 0.1) is 11.2 Å². The Labute approximate surface area is 204 Å². The predicted molar refractivity (Wildman–Crippen MR) is 131 cm³/mol. The molecule has 1 heterocycles. The Morgan fingerprint density at radius 3 is 2.15 bits per heavy atom.